The highest BCUT2D eigenvalue weighted by atomic mass is 32.2. The van der Waals surface area contributed by atoms with Crippen LogP contribution < -0.4 is 16.0 Å². The fourth-order valence-corrected chi connectivity index (χ4v) is 2.97. The van der Waals surface area contributed by atoms with Crippen molar-refractivity contribution in [3.63, 3.8) is 0 Å². The maximum absolute atomic E-state index is 12.2. The summed E-state index contributed by atoms with van der Waals surface area (Å²) in [4.78, 5) is 4.45. The van der Waals surface area contributed by atoms with E-state index in [9.17, 15) is 8.42 Å². The van der Waals surface area contributed by atoms with Gasteiger partial charge in [-0.15, -0.1) is 0 Å². The summed E-state index contributed by atoms with van der Waals surface area (Å²) in [6, 6.07) is 8.21. The molecular formula is C13H18N4O3S. The second-order valence-electron chi connectivity index (χ2n) is 4.44. The van der Waals surface area contributed by atoms with Crippen molar-refractivity contribution in [3.05, 3.63) is 30.3 Å². The lowest BCUT2D eigenvalue weighted by Crippen LogP contribution is -2.25. The first-order valence-electron chi connectivity index (χ1n) is 6.43. The number of rotatable bonds is 7. The summed E-state index contributed by atoms with van der Waals surface area (Å²) >= 11 is 0. The summed E-state index contributed by atoms with van der Waals surface area (Å²) in [5.74, 6) is 5.81. The number of hydrogen-bond donors (Lipinski definition) is 3. The number of fused-ring (bicyclic) bond motifs is 1. The second kappa shape index (κ2) is 6.81. The highest BCUT2D eigenvalue weighted by molar-refractivity contribution is 7.89. The zero-order valence-corrected chi connectivity index (χ0v) is 12.5. The van der Waals surface area contributed by atoms with E-state index in [4.69, 9.17) is 10.6 Å². The molecule has 0 aliphatic carbocycles. The van der Waals surface area contributed by atoms with Gasteiger partial charge in [-0.3, -0.25) is 0 Å². The molecule has 0 radical (unpaired) electrons. The van der Waals surface area contributed by atoms with Crippen LogP contribution in [-0.2, 0) is 14.8 Å². The van der Waals surface area contributed by atoms with Gasteiger partial charge in [0, 0.05) is 25.6 Å². The van der Waals surface area contributed by atoms with Gasteiger partial charge in [-0.1, -0.05) is 0 Å². The Labute approximate surface area is 123 Å². The predicted molar refractivity (Wildman–Crippen MR) is 81.2 cm³/mol. The van der Waals surface area contributed by atoms with E-state index in [1.54, 1.807) is 31.4 Å². The van der Waals surface area contributed by atoms with Crippen molar-refractivity contribution in [3.8, 4) is 0 Å². The summed E-state index contributed by atoms with van der Waals surface area (Å²) in [7, 11) is -1.94. The minimum absolute atomic E-state index is 0.211. The van der Waals surface area contributed by atoms with Crippen LogP contribution in [0, 0.1) is 0 Å². The van der Waals surface area contributed by atoms with E-state index in [-0.39, 0.29) is 4.90 Å². The number of nitrogen functional groups attached to an aromatic ring is 1. The lowest BCUT2D eigenvalue weighted by Gasteiger charge is -2.08. The highest BCUT2D eigenvalue weighted by Crippen LogP contribution is 2.19. The number of nitrogens with zero attached hydrogens (tertiary/aromatic N) is 1. The summed E-state index contributed by atoms with van der Waals surface area (Å²) in [5, 5.41) is 0.730. The van der Waals surface area contributed by atoms with Crippen LogP contribution in [0.2, 0.25) is 0 Å². The van der Waals surface area contributed by atoms with Crippen molar-refractivity contribution in [2.24, 2.45) is 5.84 Å². The van der Waals surface area contributed by atoms with Crippen LogP contribution in [0.15, 0.2) is 35.2 Å². The topological polar surface area (TPSA) is 106 Å². The summed E-state index contributed by atoms with van der Waals surface area (Å²) in [5.41, 5.74) is 3.12. The molecule has 0 saturated carbocycles. The number of aromatic nitrogens is 1. The van der Waals surface area contributed by atoms with Gasteiger partial charge in [-0.25, -0.2) is 24.0 Å². The zero-order chi connectivity index (χ0) is 15.3. The average Bonchev–Trinajstić information content (AvgIpc) is 2.50. The summed E-state index contributed by atoms with van der Waals surface area (Å²) in [6.07, 6.45) is 0.621. The Morgan fingerprint density at radius 3 is 2.81 bits per heavy atom. The molecule has 1 aromatic heterocycles. The fraction of sp³-hybridized carbons (Fsp3) is 0.308. The number of benzene rings is 1. The standard InChI is InChI=1S/C13H18N4O3S/c1-20-8-2-7-15-21(18,19)11-4-5-12-10(9-11)3-6-13(16-12)17-14/h3-6,9,15H,2,7-8,14H2,1H3,(H,16,17). The Hall–Kier alpha value is -1.74. The maximum atomic E-state index is 12.2. The van der Waals surface area contributed by atoms with E-state index < -0.39 is 10.0 Å². The van der Waals surface area contributed by atoms with Gasteiger partial charge in [0.1, 0.15) is 5.82 Å². The molecule has 0 saturated heterocycles. The van der Waals surface area contributed by atoms with Crippen LogP contribution in [0.3, 0.4) is 0 Å². The fourth-order valence-electron chi connectivity index (χ4n) is 1.86. The monoisotopic (exact) mass is 310 g/mol. The van der Waals surface area contributed by atoms with Gasteiger partial charge in [0.25, 0.3) is 0 Å². The Balaban J connectivity index is 2.21. The van der Waals surface area contributed by atoms with Gasteiger partial charge in [-0.2, -0.15) is 0 Å². The van der Waals surface area contributed by atoms with E-state index in [0.29, 0.717) is 30.9 Å². The molecule has 0 amide bonds. The van der Waals surface area contributed by atoms with Crippen LogP contribution in [0.4, 0.5) is 5.82 Å². The Kier molecular flexibility index (Phi) is 5.07. The Bertz CT molecular complexity index is 718. The summed E-state index contributed by atoms with van der Waals surface area (Å²) in [6.45, 7) is 0.849. The quantitative estimate of drug-likeness (QED) is 0.397. The third kappa shape index (κ3) is 3.88. The molecule has 21 heavy (non-hydrogen) atoms. The minimum Gasteiger partial charge on any atom is -0.385 e. The van der Waals surface area contributed by atoms with Crippen LogP contribution >= 0.6 is 0 Å². The van der Waals surface area contributed by atoms with Gasteiger partial charge in [-0.05, 0) is 36.8 Å². The van der Waals surface area contributed by atoms with Crippen molar-refractivity contribution < 1.29 is 13.2 Å². The SMILES string of the molecule is COCCCNS(=O)(=O)c1ccc2nc(NN)ccc2c1. The molecule has 2 aromatic rings. The first kappa shape index (κ1) is 15.6. The lowest BCUT2D eigenvalue weighted by atomic mass is 10.2. The van der Waals surface area contributed by atoms with Crippen molar-refractivity contribution in [2.75, 3.05) is 25.7 Å². The normalized spacial score (nSPS) is 11.7. The first-order valence-corrected chi connectivity index (χ1v) is 7.91. The second-order valence-corrected chi connectivity index (χ2v) is 6.21. The molecule has 8 heteroatoms. The molecule has 0 spiro atoms. The smallest absolute Gasteiger partial charge is 0.240 e. The zero-order valence-electron chi connectivity index (χ0n) is 11.7. The number of nitrogens with one attached hydrogen (secondary N) is 2. The van der Waals surface area contributed by atoms with E-state index in [0.717, 1.165) is 5.39 Å². The molecule has 0 bridgehead atoms. The molecular weight excluding hydrogens is 292 g/mol. The van der Waals surface area contributed by atoms with Crippen molar-refractivity contribution >= 4 is 26.7 Å². The highest BCUT2D eigenvalue weighted by Gasteiger charge is 2.14. The average molecular weight is 310 g/mol. The lowest BCUT2D eigenvalue weighted by molar-refractivity contribution is 0.196. The molecule has 0 atom stereocenters. The van der Waals surface area contributed by atoms with Gasteiger partial charge < -0.3 is 10.2 Å². The minimum atomic E-state index is -3.52. The van der Waals surface area contributed by atoms with E-state index >= 15 is 0 Å². The number of ether oxygens (including phenoxy) is 1. The molecule has 1 heterocycles. The van der Waals surface area contributed by atoms with Crippen LogP contribution in [0.1, 0.15) is 6.42 Å². The number of sulfonamides is 1. The molecule has 0 aliphatic rings. The van der Waals surface area contributed by atoms with Crippen molar-refractivity contribution in [1.82, 2.24) is 9.71 Å². The van der Waals surface area contributed by atoms with Crippen molar-refractivity contribution in [1.29, 1.82) is 0 Å². The Morgan fingerprint density at radius 1 is 1.29 bits per heavy atom. The van der Waals surface area contributed by atoms with Gasteiger partial charge in [0.05, 0.1) is 10.4 Å². The molecule has 7 nitrogen and oxygen atoms in total. The first-order chi connectivity index (χ1) is 10.1. The molecule has 0 unspecified atom stereocenters. The molecule has 1 aromatic carbocycles. The van der Waals surface area contributed by atoms with Crippen LogP contribution in [0.5, 0.6) is 0 Å². The molecule has 0 aliphatic heterocycles. The third-order valence-corrected chi connectivity index (χ3v) is 4.39. The van der Waals surface area contributed by atoms with Gasteiger partial charge in [0.2, 0.25) is 10.0 Å². The van der Waals surface area contributed by atoms with E-state index in [1.165, 1.54) is 6.07 Å². The maximum Gasteiger partial charge on any atom is 0.240 e. The molecule has 2 rings (SSSR count). The number of hydrogen-bond acceptors (Lipinski definition) is 6. The number of methoxy groups -OCH3 is 1. The number of hydrazine groups is 1. The van der Waals surface area contributed by atoms with Gasteiger partial charge in [0.15, 0.2) is 0 Å². The summed E-state index contributed by atoms with van der Waals surface area (Å²) < 4.78 is 31.7. The van der Waals surface area contributed by atoms with E-state index in [1.807, 2.05) is 0 Å². The van der Waals surface area contributed by atoms with E-state index in [2.05, 4.69) is 15.1 Å². The number of anilines is 1. The molecule has 114 valence electrons. The molecule has 0 fully saturated rings. The van der Waals surface area contributed by atoms with Crippen molar-refractivity contribution in [2.45, 2.75) is 11.3 Å². The van der Waals surface area contributed by atoms with Gasteiger partial charge >= 0.3 is 0 Å². The largest absolute Gasteiger partial charge is 0.385 e. The Morgan fingerprint density at radius 2 is 2.10 bits per heavy atom. The third-order valence-electron chi connectivity index (χ3n) is 2.94. The predicted octanol–water partition coefficient (Wildman–Crippen LogP) is 0.835. The number of pyridine rings is 1. The van der Waals surface area contributed by atoms with Crippen LogP contribution in [0.25, 0.3) is 10.9 Å². The molecule has 4 N–H and O–H groups in total. The number of nitrogens with two attached hydrogens (primary N) is 1. The van der Waals surface area contributed by atoms with Crippen LogP contribution in [-0.4, -0.2) is 33.7 Å².